The summed E-state index contributed by atoms with van der Waals surface area (Å²) in [6.45, 7) is 1.46. The van der Waals surface area contributed by atoms with Gasteiger partial charge in [-0.2, -0.15) is 5.10 Å². The first-order chi connectivity index (χ1) is 12.5. The van der Waals surface area contributed by atoms with Gasteiger partial charge in [-0.1, -0.05) is 41.9 Å². The van der Waals surface area contributed by atoms with Gasteiger partial charge in [0.05, 0.1) is 38.6 Å². The summed E-state index contributed by atoms with van der Waals surface area (Å²) in [4.78, 5) is 14.0. The largest absolute Gasteiger partial charge is 0.345 e. The van der Waals surface area contributed by atoms with E-state index in [9.17, 15) is 4.79 Å². The van der Waals surface area contributed by atoms with Crippen LogP contribution < -0.4 is 10.2 Å². The highest BCUT2D eigenvalue weighted by Crippen LogP contribution is 2.22. The van der Waals surface area contributed by atoms with E-state index >= 15 is 0 Å². The predicted molar refractivity (Wildman–Crippen MR) is 104 cm³/mol. The van der Waals surface area contributed by atoms with Crippen LogP contribution in [0.2, 0.25) is 5.02 Å². The highest BCUT2D eigenvalue weighted by molar-refractivity contribution is 6.30. The lowest BCUT2D eigenvalue weighted by molar-refractivity contribution is -0.856. The third-order valence-electron chi connectivity index (χ3n) is 3.99. The summed E-state index contributed by atoms with van der Waals surface area (Å²) in [6, 6.07) is 18.9. The van der Waals surface area contributed by atoms with E-state index in [0.717, 1.165) is 23.5 Å². The zero-order chi connectivity index (χ0) is 18.5. The Kier molecular flexibility index (Phi) is 5.71. The first-order valence-electron chi connectivity index (χ1n) is 8.53. The van der Waals surface area contributed by atoms with Gasteiger partial charge in [0.15, 0.2) is 0 Å². The Morgan fingerprint density at radius 2 is 1.81 bits per heavy atom. The maximum absolute atomic E-state index is 12.7. The van der Waals surface area contributed by atoms with Gasteiger partial charge in [-0.25, -0.2) is 4.68 Å². The fraction of sp³-hybridized carbons (Fsp3) is 0.200. The number of halogens is 1. The minimum Gasteiger partial charge on any atom is -0.345 e. The number of amides is 1. The second kappa shape index (κ2) is 8.17. The van der Waals surface area contributed by atoms with Gasteiger partial charge in [-0.3, -0.25) is 4.79 Å². The van der Waals surface area contributed by atoms with Crippen molar-refractivity contribution in [1.29, 1.82) is 0 Å². The normalized spacial score (nSPS) is 10.9. The fourth-order valence-electron chi connectivity index (χ4n) is 2.59. The van der Waals surface area contributed by atoms with Crippen LogP contribution >= 0.6 is 11.6 Å². The topological polar surface area (TPSA) is 51.4 Å². The first-order valence-corrected chi connectivity index (χ1v) is 8.91. The Bertz CT molecular complexity index is 873. The predicted octanol–water partition coefficient (Wildman–Crippen LogP) is 2.07. The molecule has 1 amide bonds. The van der Waals surface area contributed by atoms with Crippen LogP contribution in [0.1, 0.15) is 10.5 Å². The zero-order valence-corrected chi connectivity index (χ0v) is 15.6. The number of nitrogens with zero attached hydrogens (tertiary/aromatic N) is 2. The van der Waals surface area contributed by atoms with Crippen molar-refractivity contribution in [1.82, 2.24) is 15.1 Å². The maximum Gasteiger partial charge on any atom is 0.270 e. The zero-order valence-electron chi connectivity index (χ0n) is 14.9. The van der Waals surface area contributed by atoms with E-state index in [4.69, 9.17) is 11.6 Å². The summed E-state index contributed by atoms with van der Waals surface area (Å²) < 4.78 is 1.66. The number of quaternary nitrogens is 1. The molecule has 1 aromatic heterocycles. The number of carbonyl (C=O) groups excluding carboxylic acids is 1. The lowest BCUT2D eigenvalue weighted by Gasteiger charge is -2.10. The standard InChI is InChI=1S/C20H21ClN4O/c1-24(2)13-12-22-20(26)19-14-18(15-6-4-3-5-7-15)23-25(19)17-10-8-16(21)9-11-17/h3-11,14H,12-13H2,1-2H3,(H,22,26)/p+1. The van der Waals surface area contributed by atoms with Crippen molar-refractivity contribution in [3.63, 3.8) is 0 Å². The van der Waals surface area contributed by atoms with Crippen LogP contribution in [-0.2, 0) is 0 Å². The Balaban J connectivity index is 1.96. The number of hydrogen-bond donors (Lipinski definition) is 2. The maximum atomic E-state index is 12.7. The number of likely N-dealkylation sites (N-methyl/N-ethyl adjacent to an activating group) is 1. The van der Waals surface area contributed by atoms with Crippen molar-refractivity contribution in [2.75, 3.05) is 27.2 Å². The second-order valence-electron chi connectivity index (χ2n) is 6.38. The van der Waals surface area contributed by atoms with Gasteiger partial charge >= 0.3 is 0 Å². The van der Waals surface area contributed by atoms with Gasteiger partial charge in [0.25, 0.3) is 5.91 Å². The molecular formula is C20H22ClN4O+. The van der Waals surface area contributed by atoms with Crippen LogP contribution in [0, 0.1) is 0 Å². The van der Waals surface area contributed by atoms with Crippen LogP contribution in [-0.4, -0.2) is 42.9 Å². The highest BCUT2D eigenvalue weighted by atomic mass is 35.5. The monoisotopic (exact) mass is 369 g/mol. The van der Waals surface area contributed by atoms with Gasteiger partial charge in [-0.15, -0.1) is 0 Å². The summed E-state index contributed by atoms with van der Waals surface area (Å²) in [7, 11) is 4.11. The first kappa shape index (κ1) is 18.2. The molecular weight excluding hydrogens is 348 g/mol. The molecule has 1 heterocycles. The molecule has 0 radical (unpaired) electrons. The summed E-state index contributed by atoms with van der Waals surface area (Å²) in [6.07, 6.45) is 0. The van der Waals surface area contributed by atoms with Crippen LogP contribution in [0.5, 0.6) is 0 Å². The number of nitrogens with one attached hydrogen (secondary N) is 2. The lowest BCUT2D eigenvalue weighted by Crippen LogP contribution is -3.06. The molecule has 0 spiro atoms. The minimum absolute atomic E-state index is 0.143. The summed E-state index contributed by atoms with van der Waals surface area (Å²) in [5.74, 6) is -0.143. The number of carbonyl (C=O) groups is 1. The van der Waals surface area contributed by atoms with Gasteiger partial charge in [0.2, 0.25) is 0 Å². The van der Waals surface area contributed by atoms with Gasteiger partial charge in [0.1, 0.15) is 5.69 Å². The molecule has 26 heavy (non-hydrogen) atoms. The quantitative estimate of drug-likeness (QED) is 0.699. The van der Waals surface area contributed by atoms with Crippen LogP contribution in [0.15, 0.2) is 60.7 Å². The average molecular weight is 370 g/mol. The summed E-state index contributed by atoms with van der Waals surface area (Å²) in [5, 5.41) is 8.26. The Labute approximate surface area is 158 Å². The van der Waals surface area contributed by atoms with Crippen molar-refractivity contribution < 1.29 is 9.69 Å². The van der Waals surface area contributed by atoms with Crippen LogP contribution in [0.4, 0.5) is 0 Å². The fourth-order valence-corrected chi connectivity index (χ4v) is 2.71. The minimum atomic E-state index is -0.143. The number of benzene rings is 2. The molecule has 0 aliphatic rings. The molecule has 0 saturated heterocycles. The number of hydrogen-bond acceptors (Lipinski definition) is 2. The van der Waals surface area contributed by atoms with Crippen molar-refractivity contribution in [3.05, 3.63) is 71.4 Å². The van der Waals surface area contributed by atoms with Crippen LogP contribution in [0.3, 0.4) is 0 Å². The Morgan fingerprint density at radius 3 is 2.46 bits per heavy atom. The van der Waals surface area contributed by atoms with Crippen molar-refractivity contribution >= 4 is 17.5 Å². The molecule has 2 N–H and O–H groups in total. The lowest BCUT2D eigenvalue weighted by atomic mass is 10.1. The van der Waals surface area contributed by atoms with E-state index in [2.05, 4.69) is 24.5 Å². The van der Waals surface area contributed by atoms with Crippen molar-refractivity contribution in [3.8, 4) is 16.9 Å². The van der Waals surface area contributed by atoms with E-state index in [-0.39, 0.29) is 5.91 Å². The Hall–Kier alpha value is -2.63. The molecule has 134 valence electrons. The molecule has 6 heteroatoms. The van der Waals surface area contributed by atoms with E-state index in [1.54, 1.807) is 16.8 Å². The molecule has 0 fully saturated rings. The molecule has 0 atom stereocenters. The molecule has 0 saturated carbocycles. The second-order valence-corrected chi connectivity index (χ2v) is 6.82. The smallest absolute Gasteiger partial charge is 0.270 e. The molecule has 0 aliphatic heterocycles. The van der Waals surface area contributed by atoms with Gasteiger partial charge < -0.3 is 10.2 Å². The Morgan fingerprint density at radius 1 is 1.12 bits per heavy atom. The van der Waals surface area contributed by atoms with E-state index in [1.165, 1.54) is 4.90 Å². The number of rotatable bonds is 6. The van der Waals surface area contributed by atoms with E-state index < -0.39 is 0 Å². The average Bonchev–Trinajstić information content (AvgIpc) is 3.08. The third kappa shape index (κ3) is 4.31. The van der Waals surface area contributed by atoms with Crippen molar-refractivity contribution in [2.24, 2.45) is 0 Å². The summed E-state index contributed by atoms with van der Waals surface area (Å²) >= 11 is 5.99. The molecule has 3 rings (SSSR count). The summed E-state index contributed by atoms with van der Waals surface area (Å²) in [5.41, 5.74) is 3.01. The highest BCUT2D eigenvalue weighted by Gasteiger charge is 2.17. The third-order valence-corrected chi connectivity index (χ3v) is 4.25. The molecule has 5 nitrogen and oxygen atoms in total. The molecule has 2 aromatic carbocycles. The van der Waals surface area contributed by atoms with Gasteiger partial charge in [0, 0.05) is 10.6 Å². The molecule has 0 bridgehead atoms. The van der Waals surface area contributed by atoms with E-state index in [1.807, 2.05) is 48.5 Å². The molecule has 3 aromatic rings. The van der Waals surface area contributed by atoms with E-state index in [0.29, 0.717) is 17.3 Å². The van der Waals surface area contributed by atoms with Crippen LogP contribution in [0.25, 0.3) is 16.9 Å². The molecule has 0 unspecified atom stereocenters. The number of aromatic nitrogens is 2. The van der Waals surface area contributed by atoms with Gasteiger partial charge in [-0.05, 0) is 30.3 Å². The van der Waals surface area contributed by atoms with Crippen molar-refractivity contribution in [2.45, 2.75) is 0 Å². The molecule has 0 aliphatic carbocycles. The SMILES string of the molecule is C[NH+](C)CCNC(=O)c1cc(-c2ccccc2)nn1-c1ccc(Cl)cc1.